The quantitative estimate of drug-likeness (QED) is 0.763. The Hall–Kier alpha value is -0.160. The standard InChI is InChI=1S/C13H25NO3/c1-10-9-17-12(8-15)7-14(10)6-11-4-2-3-5-13(11)16/h10-13,15-16H,2-9H2,1H3. The summed E-state index contributed by atoms with van der Waals surface area (Å²) >= 11 is 0. The maximum atomic E-state index is 10.0. The third-order valence-electron chi connectivity index (χ3n) is 4.18. The van der Waals surface area contributed by atoms with Gasteiger partial charge in [-0.05, 0) is 25.7 Å². The molecule has 4 heteroatoms. The molecule has 4 unspecified atom stereocenters. The Morgan fingerprint density at radius 2 is 2.06 bits per heavy atom. The van der Waals surface area contributed by atoms with E-state index < -0.39 is 0 Å². The largest absolute Gasteiger partial charge is 0.394 e. The van der Waals surface area contributed by atoms with Crippen molar-refractivity contribution in [3.8, 4) is 0 Å². The van der Waals surface area contributed by atoms with Gasteiger partial charge in [-0.1, -0.05) is 12.8 Å². The number of nitrogens with zero attached hydrogens (tertiary/aromatic N) is 1. The van der Waals surface area contributed by atoms with E-state index in [0.717, 1.165) is 32.4 Å². The number of aliphatic hydroxyl groups excluding tert-OH is 2. The second kappa shape index (κ2) is 6.14. The molecule has 0 aromatic rings. The van der Waals surface area contributed by atoms with Crippen molar-refractivity contribution < 1.29 is 14.9 Å². The van der Waals surface area contributed by atoms with Gasteiger partial charge < -0.3 is 14.9 Å². The van der Waals surface area contributed by atoms with E-state index in [9.17, 15) is 5.11 Å². The van der Waals surface area contributed by atoms with Crippen LogP contribution in [0.4, 0.5) is 0 Å². The molecule has 2 N–H and O–H groups in total. The number of rotatable bonds is 3. The van der Waals surface area contributed by atoms with Crippen molar-refractivity contribution in [3.63, 3.8) is 0 Å². The van der Waals surface area contributed by atoms with E-state index in [-0.39, 0.29) is 18.8 Å². The Morgan fingerprint density at radius 1 is 1.29 bits per heavy atom. The van der Waals surface area contributed by atoms with Crippen molar-refractivity contribution in [2.45, 2.75) is 50.9 Å². The predicted molar refractivity (Wildman–Crippen MR) is 65.8 cm³/mol. The van der Waals surface area contributed by atoms with Crippen LogP contribution in [0, 0.1) is 5.92 Å². The zero-order valence-corrected chi connectivity index (χ0v) is 10.7. The molecule has 0 amide bonds. The van der Waals surface area contributed by atoms with Crippen molar-refractivity contribution in [2.75, 3.05) is 26.3 Å². The van der Waals surface area contributed by atoms with Gasteiger partial charge in [0.15, 0.2) is 0 Å². The highest BCUT2D eigenvalue weighted by molar-refractivity contribution is 4.83. The molecular weight excluding hydrogens is 218 g/mol. The minimum absolute atomic E-state index is 0.0491. The molecule has 4 nitrogen and oxygen atoms in total. The average molecular weight is 243 g/mol. The van der Waals surface area contributed by atoms with E-state index in [1.54, 1.807) is 0 Å². The number of ether oxygens (including phenoxy) is 1. The lowest BCUT2D eigenvalue weighted by Crippen LogP contribution is -2.52. The van der Waals surface area contributed by atoms with Crippen LogP contribution < -0.4 is 0 Å². The minimum atomic E-state index is -0.133. The molecule has 0 bridgehead atoms. The van der Waals surface area contributed by atoms with Crippen LogP contribution in [-0.4, -0.2) is 59.7 Å². The van der Waals surface area contributed by atoms with Gasteiger partial charge in [0.25, 0.3) is 0 Å². The lowest BCUT2D eigenvalue weighted by Gasteiger charge is -2.41. The second-order valence-corrected chi connectivity index (χ2v) is 5.55. The molecule has 2 aliphatic rings. The Kier molecular flexibility index (Phi) is 4.79. The summed E-state index contributed by atoms with van der Waals surface area (Å²) in [5.41, 5.74) is 0. The van der Waals surface area contributed by atoms with Gasteiger partial charge in [0.2, 0.25) is 0 Å². The summed E-state index contributed by atoms with van der Waals surface area (Å²) in [6, 6.07) is 0.395. The lowest BCUT2D eigenvalue weighted by atomic mass is 9.86. The third kappa shape index (κ3) is 3.41. The summed E-state index contributed by atoms with van der Waals surface area (Å²) in [5.74, 6) is 0.406. The van der Waals surface area contributed by atoms with Crippen LogP contribution in [0.5, 0.6) is 0 Å². The molecule has 100 valence electrons. The normalized spacial score (nSPS) is 40.4. The van der Waals surface area contributed by atoms with E-state index >= 15 is 0 Å². The van der Waals surface area contributed by atoms with Gasteiger partial charge in [0, 0.05) is 19.1 Å². The lowest BCUT2D eigenvalue weighted by molar-refractivity contribution is -0.0884. The molecule has 0 spiro atoms. The Morgan fingerprint density at radius 3 is 2.76 bits per heavy atom. The first-order valence-electron chi connectivity index (χ1n) is 6.85. The molecular formula is C13H25NO3. The van der Waals surface area contributed by atoms with Crippen molar-refractivity contribution in [3.05, 3.63) is 0 Å². The minimum Gasteiger partial charge on any atom is -0.394 e. The van der Waals surface area contributed by atoms with Crippen LogP contribution >= 0.6 is 0 Å². The predicted octanol–water partition coefficient (Wildman–Crippen LogP) is 0.619. The number of hydrogen-bond donors (Lipinski definition) is 2. The fraction of sp³-hybridized carbons (Fsp3) is 1.00. The highest BCUT2D eigenvalue weighted by Crippen LogP contribution is 2.26. The number of aliphatic hydroxyl groups is 2. The van der Waals surface area contributed by atoms with E-state index in [1.165, 1.54) is 6.42 Å². The Balaban J connectivity index is 1.87. The third-order valence-corrected chi connectivity index (χ3v) is 4.18. The van der Waals surface area contributed by atoms with Crippen molar-refractivity contribution in [1.82, 2.24) is 4.90 Å². The van der Waals surface area contributed by atoms with Crippen molar-refractivity contribution in [2.24, 2.45) is 5.92 Å². The first-order chi connectivity index (χ1) is 8.20. The van der Waals surface area contributed by atoms with Crippen LogP contribution in [0.1, 0.15) is 32.6 Å². The van der Waals surface area contributed by atoms with Crippen LogP contribution in [-0.2, 0) is 4.74 Å². The van der Waals surface area contributed by atoms with Gasteiger partial charge in [-0.15, -0.1) is 0 Å². The van der Waals surface area contributed by atoms with E-state index in [2.05, 4.69) is 11.8 Å². The topological polar surface area (TPSA) is 52.9 Å². The smallest absolute Gasteiger partial charge is 0.0933 e. The summed E-state index contributed by atoms with van der Waals surface area (Å²) in [7, 11) is 0. The molecule has 0 aromatic carbocycles. The number of hydrogen-bond acceptors (Lipinski definition) is 4. The van der Waals surface area contributed by atoms with Gasteiger partial charge in [-0.25, -0.2) is 0 Å². The first-order valence-corrected chi connectivity index (χ1v) is 6.85. The Labute approximate surface area is 104 Å². The zero-order chi connectivity index (χ0) is 12.3. The maximum absolute atomic E-state index is 10.0. The molecule has 0 radical (unpaired) electrons. The van der Waals surface area contributed by atoms with Crippen LogP contribution in [0.25, 0.3) is 0 Å². The monoisotopic (exact) mass is 243 g/mol. The van der Waals surface area contributed by atoms with Gasteiger partial charge in [-0.3, -0.25) is 4.90 Å². The van der Waals surface area contributed by atoms with E-state index in [0.29, 0.717) is 18.6 Å². The summed E-state index contributed by atoms with van der Waals surface area (Å²) in [4.78, 5) is 2.36. The van der Waals surface area contributed by atoms with Gasteiger partial charge >= 0.3 is 0 Å². The van der Waals surface area contributed by atoms with Crippen molar-refractivity contribution >= 4 is 0 Å². The zero-order valence-electron chi connectivity index (χ0n) is 10.7. The number of morpholine rings is 1. The molecule has 4 atom stereocenters. The molecule has 1 aliphatic carbocycles. The van der Waals surface area contributed by atoms with Crippen molar-refractivity contribution in [1.29, 1.82) is 0 Å². The second-order valence-electron chi connectivity index (χ2n) is 5.55. The molecule has 1 aliphatic heterocycles. The first kappa shape index (κ1) is 13.3. The maximum Gasteiger partial charge on any atom is 0.0933 e. The van der Waals surface area contributed by atoms with Crippen LogP contribution in [0.3, 0.4) is 0 Å². The molecule has 1 saturated heterocycles. The molecule has 1 saturated carbocycles. The summed E-state index contributed by atoms with van der Waals surface area (Å²) in [6.07, 6.45) is 4.31. The summed E-state index contributed by atoms with van der Waals surface area (Å²) in [5, 5.41) is 19.2. The Bertz CT molecular complexity index is 237. The SMILES string of the molecule is CC1COC(CO)CN1CC1CCCCC1O. The highest BCUT2D eigenvalue weighted by Gasteiger charge is 2.30. The molecule has 2 fully saturated rings. The average Bonchev–Trinajstić information content (AvgIpc) is 2.35. The van der Waals surface area contributed by atoms with E-state index in [4.69, 9.17) is 9.84 Å². The molecule has 17 heavy (non-hydrogen) atoms. The van der Waals surface area contributed by atoms with E-state index in [1.807, 2.05) is 0 Å². The fourth-order valence-electron chi connectivity index (χ4n) is 2.94. The van der Waals surface area contributed by atoms with Crippen LogP contribution in [0.15, 0.2) is 0 Å². The fourth-order valence-corrected chi connectivity index (χ4v) is 2.94. The van der Waals surface area contributed by atoms with Gasteiger partial charge in [0.05, 0.1) is 25.4 Å². The highest BCUT2D eigenvalue weighted by atomic mass is 16.5. The van der Waals surface area contributed by atoms with Gasteiger partial charge in [0.1, 0.15) is 0 Å². The molecule has 0 aromatic heterocycles. The molecule has 1 heterocycles. The molecule has 2 rings (SSSR count). The summed E-state index contributed by atoms with van der Waals surface area (Å²) in [6.45, 7) is 4.68. The van der Waals surface area contributed by atoms with Gasteiger partial charge in [-0.2, -0.15) is 0 Å². The van der Waals surface area contributed by atoms with Crippen LogP contribution in [0.2, 0.25) is 0 Å². The summed E-state index contributed by atoms with van der Waals surface area (Å²) < 4.78 is 5.53.